The molecule has 0 aliphatic rings. The second-order valence-corrected chi connectivity index (χ2v) is 2.98. The summed E-state index contributed by atoms with van der Waals surface area (Å²) in [5, 5.41) is 8.52. The Morgan fingerprint density at radius 3 is 2.27 bits per heavy atom. The van der Waals surface area contributed by atoms with Crippen LogP contribution in [0.3, 0.4) is 0 Å². The zero-order valence-corrected chi connectivity index (χ0v) is 7.30. The Labute approximate surface area is 77.3 Å². The van der Waals surface area contributed by atoms with Crippen LogP contribution >= 0.6 is 34.8 Å². The molecule has 0 aromatic heterocycles. The summed E-state index contributed by atoms with van der Waals surface area (Å²) < 4.78 is 12.5. The van der Waals surface area contributed by atoms with Crippen molar-refractivity contribution in [2.75, 3.05) is 0 Å². The highest BCUT2D eigenvalue weighted by molar-refractivity contribution is 6.48. The maximum Gasteiger partial charge on any atom is 0.171 e. The summed E-state index contributed by atoms with van der Waals surface area (Å²) in [5.41, 5.74) is 0. The van der Waals surface area contributed by atoms with E-state index in [0.717, 1.165) is 6.07 Å². The molecular weight excluding hydrogens is 213 g/mol. The van der Waals surface area contributed by atoms with Crippen molar-refractivity contribution in [2.45, 2.75) is 0 Å². The van der Waals surface area contributed by atoms with Gasteiger partial charge in [0, 0.05) is 0 Å². The largest absolute Gasteiger partial charge is 0.504 e. The van der Waals surface area contributed by atoms with Crippen LogP contribution in [0.25, 0.3) is 0 Å². The number of phenols is 1. The molecule has 0 amide bonds. The molecule has 0 spiro atoms. The Balaban J connectivity index is 3.46. The molecule has 1 aromatic rings. The van der Waals surface area contributed by atoms with Crippen molar-refractivity contribution in [1.82, 2.24) is 0 Å². The first kappa shape index (κ1) is 8.91. The van der Waals surface area contributed by atoms with Crippen molar-refractivity contribution < 1.29 is 9.50 Å². The van der Waals surface area contributed by atoms with Crippen LogP contribution in [-0.4, -0.2) is 5.11 Å². The standard InChI is InChI=1S/C6H2Cl3FO/c7-2-1-3(10)6(11)5(9)4(2)8/h1,11H. The van der Waals surface area contributed by atoms with Gasteiger partial charge in [0.05, 0.1) is 10.0 Å². The first-order chi connectivity index (χ1) is 5.04. The lowest BCUT2D eigenvalue weighted by molar-refractivity contribution is 0.433. The molecule has 0 saturated heterocycles. The van der Waals surface area contributed by atoms with E-state index in [1.165, 1.54) is 0 Å². The summed E-state index contributed by atoms with van der Waals surface area (Å²) in [6.45, 7) is 0. The lowest BCUT2D eigenvalue weighted by Gasteiger charge is -2.01. The van der Waals surface area contributed by atoms with Gasteiger partial charge in [-0.3, -0.25) is 0 Å². The average molecular weight is 215 g/mol. The van der Waals surface area contributed by atoms with Gasteiger partial charge in [-0.05, 0) is 6.07 Å². The molecule has 1 N–H and O–H groups in total. The van der Waals surface area contributed by atoms with E-state index in [9.17, 15) is 4.39 Å². The van der Waals surface area contributed by atoms with Crippen LogP contribution in [0.4, 0.5) is 4.39 Å². The van der Waals surface area contributed by atoms with Crippen LogP contribution in [0.5, 0.6) is 5.75 Å². The Morgan fingerprint density at radius 2 is 1.73 bits per heavy atom. The molecule has 60 valence electrons. The van der Waals surface area contributed by atoms with Crippen molar-refractivity contribution in [2.24, 2.45) is 0 Å². The van der Waals surface area contributed by atoms with Crippen molar-refractivity contribution in [3.05, 3.63) is 27.0 Å². The van der Waals surface area contributed by atoms with E-state index in [-0.39, 0.29) is 15.1 Å². The third kappa shape index (κ3) is 1.53. The Hall–Kier alpha value is -0.180. The van der Waals surface area contributed by atoms with E-state index in [4.69, 9.17) is 39.9 Å². The van der Waals surface area contributed by atoms with Gasteiger partial charge in [0.1, 0.15) is 5.02 Å². The Morgan fingerprint density at radius 1 is 1.18 bits per heavy atom. The third-order valence-corrected chi connectivity index (χ3v) is 2.34. The van der Waals surface area contributed by atoms with Gasteiger partial charge in [-0.2, -0.15) is 0 Å². The van der Waals surface area contributed by atoms with Gasteiger partial charge < -0.3 is 5.11 Å². The van der Waals surface area contributed by atoms with Crippen molar-refractivity contribution in [3.63, 3.8) is 0 Å². The zero-order valence-electron chi connectivity index (χ0n) is 5.04. The second-order valence-electron chi connectivity index (χ2n) is 1.82. The molecule has 1 aromatic carbocycles. The SMILES string of the molecule is Oc1c(F)cc(Cl)c(Cl)c1Cl. The molecule has 0 heterocycles. The van der Waals surface area contributed by atoms with Crippen molar-refractivity contribution in [1.29, 1.82) is 0 Å². The lowest BCUT2D eigenvalue weighted by atomic mass is 10.3. The molecule has 1 rings (SSSR count). The first-order valence-electron chi connectivity index (χ1n) is 2.56. The number of rotatable bonds is 0. The highest BCUT2D eigenvalue weighted by atomic mass is 35.5. The van der Waals surface area contributed by atoms with Crippen LogP contribution in [0.15, 0.2) is 6.07 Å². The number of benzene rings is 1. The molecule has 0 unspecified atom stereocenters. The fourth-order valence-electron chi connectivity index (χ4n) is 0.557. The lowest BCUT2D eigenvalue weighted by Crippen LogP contribution is -1.79. The van der Waals surface area contributed by atoms with E-state index in [0.29, 0.717) is 0 Å². The molecule has 11 heavy (non-hydrogen) atoms. The topological polar surface area (TPSA) is 20.2 Å². The van der Waals surface area contributed by atoms with Crippen molar-refractivity contribution in [3.8, 4) is 5.75 Å². The van der Waals surface area contributed by atoms with E-state index in [1.54, 1.807) is 0 Å². The van der Waals surface area contributed by atoms with Crippen LogP contribution in [0, 0.1) is 5.82 Å². The smallest absolute Gasteiger partial charge is 0.171 e. The second kappa shape index (κ2) is 3.05. The van der Waals surface area contributed by atoms with Gasteiger partial charge in [0.15, 0.2) is 11.6 Å². The van der Waals surface area contributed by atoms with Gasteiger partial charge in [0.25, 0.3) is 0 Å². The van der Waals surface area contributed by atoms with Gasteiger partial charge >= 0.3 is 0 Å². The summed E-state index contributed by atoms with van der Waals surface area (Å²) in [5.74, 6) is -1.56. The summed E-state index contributed by atoms with van der Waals surface area (Å²) >= 11 is 16.3. The van der Waals surface area contributed by atoms with E-state index in [1.807, 2.05) is 0 Å². The van der Waals surface area contributed by atoms with Crippen molar-refractivity contribution >= 4 is 34.8 Å². The van der Waals surface area contributed by atoms with Crippen LogP contribution < -0.4 is 0 Å². The van der Waals surface area contributed by atoms with E-state index < -0.39 is 11.6 Å². The van der Waals surface area contributed by atoms with E-state index >= 15 is 0 Å². The number of hydrogen-bond acceptors (Lipinski definition) is 1. The molecule has 0 saturated carbocycles. The fourth-order valence-corrected chi connectivity index (χ4v) is 1.13. The minimum Gasteiger partial charge on any atom is -0.504 e. The Kier molecular flexibility index (Phi) is 2.47. The van der Waals surface area contributed by atoms with Crippen LogP contribution in [-0.2, 0) is 0 Å². The maximum absolute atomic E-state index is 12.5. The average Bonchev–Trinajstić information content (AvgIpc) is 1.97. The van der Waals surface area contributed by atoms with Gasteiger partial charge in [-0.25, -0.2) is 4.39 Å². The highest BCUT2D eigenvalue weighted by Gasteiger charge is 2.12. The van der Waals surface area contributed by atoms with Crippen LogP contribution in [0.2, 0.25) is 15.1 Å². The predicted molar refractivity (Wildman–Crippen MR) is 43.1 cm³/mol. The zero-order chi connectivity index (χ0) is 8.59. The monoisotopic (exact) mass is 214 g/mol. The minimum absolute atomic E-state index is 0.0213. The summed E-state index contributed by atoms with van der Waals surface area (Å²) in [6.07, 6.45) is 0. The molecule has 1 nitrogen and oxygen atoms in total. The molecule has 5 heteroatoms. The summed E-state index contributed by atoms with van der Waals surface area (Å²) in [4.78, 5) is 0. The first-order valence-corrected chi connectivity index (χ1v) is 3.69. The minimum atomic E-state index is -0.885. The number of halogens is 4. The molecule has 0 bridgehead atoms. The molecule has 0 radical (unpaired) electrons. The highest BCUT2D eigenvalue weighted by Crippen LogP contribution is 2.38. The van der Waals surface area contributed by atoms with E-state index in [2.05, 4.69) is 0 Å². The van der Waals surface area contributed by atoms with Gasteiger partial charge in [0.2, 0.25) is 0 Å². The van der Waals surface area contributed by atoms with Gasteiger partial charge in [-0.1, -0.05) is 34.8 Å². The molecule has 0 aliphatic carbocycles. The fraction of sp³-hybridized carbons (Fsp3) is 0. The molecule has 0 atom stereocenters. The number of hydrogen-bond donors (Lipinski definition) is 1. The molecular formula is C6H2Cl3FO. The summed E-state index contributed by atoms with van der Waals surface area (Å²) in [6, 6.07) is 0.894. The number of aromatic hydroxyl groups is 1. The maximum atomic E-state index is 12.5. The normalized spacial score (nSPS) is 10.2. The quantitative estimate of drug-likeness (QED) is 0.519. The van der Waals surface area contributed by atoms with Gasteiger partial charge in [-0.15, -0.1) is 0 Å². The third-order valence-electron chi connectivity index (χ3n) is 1.09. The molecule has 0 fully saturated rings. The van der Waals surface area contributed by atoms with Crippen LogP contribution in [0.1, 0.15) is 0 Å². The summed E-state index contributed by atoms with van der Waals surface area (Å²) in [7, 11) is 0. The predicted octanol–water partition coefficient (Wildman–Crippen LogP) is 3.49. The molecule has 0 aliphatic heterocycles. The Bertz CT molecular complexity index is 274. The number of phenolic OH excluding ortho intramolecular Hbond substituents is 1.